The highest BCUT2D eigenvalue weighted by atomic mass is 16.1. The van der Waals surface area contributed by atoms with Crippen LogP contribution in [0.2, 0.25) is 0 Å². The number of hydrogen-bond donors (Lipinski definition) is 0. The van der Waals surface area contributed by atoms with Gasteiger partial charge < -0.3 is 0 Å². The average Bonchev–Trinajstić information content (AvgIpc) is 2.48. The summed E-state index contributed by atoms with van der Waals surface area (Å²) >= 11 is 0. The van der Waals surface area contributed by atoms with Crippen LogP contribution in [0.3, 0.4) is 0 Å². The molecule has 0 heterocycles. The van der Waals surface area contributed by atoms with E-state index in [0.717, 1.165) is 11.1 Å². The van der Waals surface area contributed by atoms with Gasteiger partial charge in [-0.2, -0.15) is 0 Å². The number of ketones is 1. The highest BCUT2D eigenvalue weighted by Gasteiger charge is 2.07. The van der Waals surface area contributed by atoms with Crippen molar-refractivity contribution in [3.05, 3.63) is 83.4 Å². The molecule has 0 unspecified atom stereocenters. The van der Waals surface area contributed by atoms with Gasteiger partial charge in [0.2, 0.25) is 0 Å². The first-order valence-electron chi connectivity index (χ1n) is 6.80. The number of rotatable bonds is 3. The summed E-state index contributed by atoms with van der Waals surface area (Å²) in [5, 5.41) is 2.39. The van der Waals surface area contributed by atoms with Crippen molar-refractivity contribution in [2.45, 2.75) is 13.3 Å². The van der Waals surface area contributed by atoms with Crippen molar-refractivity contribution in [2.75, 3.05) is 0 Å². The molecule has 3 aromatic carbocycles. The van der Waals surface area contributed by atoms with Gasteiger partial charge in [-0.25, -0.2) is 0 Å². The van der Waals surface area contributed by atoms with Crippen molar-refractivity contribution < 1.29 is 4.79 Å². The van der Waals surface area contributed by atoms with Crippen LogP contribution in [0.15, 0.2) is 66.7 Å². The third-order valence-corrected chi connectivity index (χ3v) is 3.55. The molecule has 0 amide bonds. The Balaban J connectivity index is 1.85. The van der Waals surface area contributed by atoms with Crippen molar-refractivity contribution in [3.8, 4) is 0 Å². The number of Topliss-reactive ketones (excluding diaryl/α,β-unsaturated/α-hetero) is 1. The first-order valence-corrected chi connectivity index (χ1v) is 6.80. The molecule has 0 aliphatic heterocycles. The second-order valence-electron chi connectivity index (χ2n) is 5.15. The van der Waals surface area contributed by atoms with Crippen LogP contribution in [0.25, 0.3) is 10.8 Å². The molecule has 0 radical (unpaired) electrons. The lowest BCUT2D eigenvalue weighted by Gasteiger charge is -2.04. The number of aryl methyl sites for hydroxylation is 1. The first kappa shape index (κ1) is 12.6. The number of benzene rings is 3. The van der Waals surface area contributed by atoms with Gasteiger partial charge >= 0.3 is 0 Å². The van der Waals surface area contributed by atoms with Gasteiger partial charge in [0.1, 0.15) is 0 Å². The maximum Gasteiger partial charge on any atom is 0.167 e. The van der Waals surface area contributed by atoms with Crippen LogP contribution in [-0.2, 0) is 6.42 Å². The van der Waals surface area contributed by atoms with Crippen LogP contribution in [-0.4, -0.2) is 5.78 Å². The minimum absolute atomic E-state index is 0.167. The zero-order valence-corrected chi connectivity index (χ0v) is 11.5. The summed E-state index contributed by atoms with van der Waals surface area (Å²) in [6.45, 7) is 2.03. The summed E-state index contributed by atoms with van der Waals surface area (Å²) < 4.78 is 0. The Morgan fingerprint density at radius 3 is 2.30 bits per heavy atom. The van der Waals surface area contributed by atoms with Crippen molar-refractivity contribution in [3.63, 3.8) is 0 Å². The van der Waals surface area contributed by atoms with Crippen molar-refractivity contribution in [2.24, 2.45) is 0 Å². The highest BCUT2D eigenvalue weighted by Crippen LogP contribution is 2.17. The Morgan fingerprint density at radius 2 is 1.55 bits per heavy atom. The molecule has 0 atom stereocenters. The van der Waals surface area contributed by atoms with E-state index < -0.39 is 0 Å². The third kappa shape index (κ3) is 2.62. The normalized spacial score (nSPS) is 10.7. The molecule has 0 spiro atoms. The van der Waals surface area contributed by atoms with Crippen LogP contribution in [0, 0.1) is 6.92 Å². The Kier molecular flexibility index (Phi) is 3.34. The number of hydrogen-bond acceptors (Lipinski definition) is 1. The van der Waals surface area contributed by atoms with Crippen molar-refractivity contribution in [1.29, 1.82) is 0 Å². The molecule has 1 heteroatoms. The van der Waals surface area contributed by atoms with Gasteiger partial charge in [-0.3, -0.25) is 4.79 Å². The van der Waals surface area contributed by atoms with Gasteiger partial charge in [-0.15, -0.1) is 0 Å². The van der Waals surface area contributed by atoms with Crippen LogP contribution in [0.1, 0.15) is 21.5 Å². The predicted octanol–water partition coefficient (Wildman–Crippen LogP) is 4.57. The van der Waals surface area contributed by atoms with E-state index in [2.05, 4.69) is 24.3 Å². The summed E-state index contributed by atoms with van der Waals surface area (Å²) in [6, 6.07) is 22.2. The van der Waals surface area contributed by atoms with E-state index in [0.29, 0.717) is 6.42 Å². The van der Waals surface area contributed by atoms with Crippen molar-refractivity contribution in [1.82, 2.24) is 0 Å². The molecular weight excluding hydrogens is 244 g/mol. The van der Waals surface area contributed by atoms with Gasteiger partial charge in [-0.05, 0) is 23.3 Å². The van der Waals surface area contributed by atoms with Crippen LogP contribution in [0.4, 0.5) is 0 Å². The molecule has 0 fully saturated rings. The topological polar surface area (TPSA) is 17.1 Å². The standard InChI is InChI=1S/C19H16O/c1-14-6-9-17(10-7-14)19(20)13-15-8-11-16-4-2-3-5-18(16)12-15/h2-12H,13H2,1H3. The molecular formula is C19H16O. The Hall–Kier alpha value is -2.41. The molecule has 0 saturated carbocycles. The summed E-state index contributed by atoms with van der Waals surface area (Å²) in [5.41, 5.74) is 3.02. The zero-order valence-electron chi connectivity index (χ0n) is 11.5. The molecule has 0 aliphatic carbocycles. The number of fused-ring (bicyclic) bond motifs is 1. The smallest absolute Gasteiger partial charge is 0.167 e. The average molecular weight is 260 g/mol. The highest BCUT2D eigenvalue weighted by molar-refractivity contribution is 5.98. The van der Waals surface area contributed by atoms with E-state index in [1.807, 2.05) is 49.4 Å². The molecule has 0 aliphatic rings. The Labute approximate surface area is 118 Å². The second-order valence-corrected chi connectivity index (χ2v) is 5.15. The van der Waals surface area contributed by atoms with Gasteiger partial charge in [0, 0.05) is 12.0 Å². The Morgan fingerprint density at radius 1 is 0.850 bits per heavy atom. The molecule has 20 heavy (non-hydrogen) atoms. The fourth-order valence-electron chi connectivity index (χ4n) is 2.38. The zero-order chi connectivity index (χ0) is 13.9. The molecule has 1 nitrogen and oxygen atoms in total. The van der Waals surface area contributed by atoms with Crippen LogP contribution in [0.5, 0.6) is 0 Å². The summed E-state index contributed by atoms with van der Waals surface area (Å²) in [7, 11) is 0. The number of carbonyl (C=O) groups is 1. The first-order chi connectivity index (χ1) is 9.72. The van der Waals surface area contributed by atoms with Gasteiger partial charge in [0.05, 0.1) is 0 Å². The lowest BCUT2D eigenvalue weighted by molar-refractivity contribution is 0.0993. The van der Waals surface area contributed by atoms with Crippen LogP contribution < -0.4 is 0 Å². The summed E-state index contributed by atoms with van der Waals surface area (Å²) in [6.07, 6.45) is 0.452. The summed E-state index contributed by atoms with van der Waals surface area (Å²) in [4.78, 5) is 12.3. The predicted molar refractivity (Wildman–Crippen MR) is 83.2 cm³/mol. The fraction of sp³-hybridized carbons (Fsp3) is 0.105. The lowest BCUT2D eigenvalue weighted by atomic mass is 10.00. The quantitative estimate of drug-likeness (QED) is 0.630. The molecule has 0 aromatic heterocycles. The van der Waals surface area contributed by atoms with Gasteiger partial charge in [0.25, 0.3) is 0 Å². The van der Waals surface area contributed by atoms with E-state index in [1.54, 1.807) is 0 Å². The monoisotopic (exact) mass is 260 g/mol. The molecule has 0 saturated heterocycles. The van der Waals surface area contributed by atoms with Gasteiger partial charge in [-0.1, -0.05) is 72.3 Å². The largest absolute Gasteiger partial charge is 0.294 e. The van der Waals surface area contributed by atoms with E-state index in [4.69, 9.17) is 0 Å². The van der Waals surface area contributed by atoms with E-state index in [9.17, 15) is 4.79 Å². The minimum Gasteiger partial charge on any atom is -0.294 e. The minimum atomic E-state index is 0.167. The maximum absolute atomic E-state index is 12.3. The fourth-order valence-corrected chi connectivity index (χ4v) is 2.38. The molecule has 98 valence electrons. The SMILES string of the molecule is Cc1ccc(C(=O)Cc2ccc3ccccc3c2)cc1. The maximum atomic E-state index is 12.3. The second kappa shape index (κ2) is 5.30. The molecule has 3 rings (SSSR count). The summed E-state index contributed by atoms with van der Waals surface area (Å²) in [5.74, 6) is 0.167. The van der Waals surface area contributed by atoms with Gasteiger partial charge in [0.15, 0.2) is 5.78 Å². The molecule has 0 bridgehead atoms. The van der Waals surface area contributed by atoms with E-state index in [-0.39, 0.29) is 5.78 Å². The number of carbonyl (C=O) groups excluding carboxylic acids is 1. The molecule has 3 aromatic rings. The third-order valence-electron chi connectivity index (χ3n) is 3.55. The van der Waals surface area contributed by atoms with E-state index >= 15 is 0 Å². The Bertz CT molecular complexity index is 754. The van der Waals surface area contributed by atoms with E-state index in [1.165, 1.54) is 16.3 Å². The molecule has 0 N–H and O–H groups in total. The van der Waals surface area contributed by atoms with Crippen molar-refractivity contribution >= 4 is 16.6 Å². The van der Waals surface area contributed by atoms with Crippen LogP contribution >= 0.6 is 0 Å². The lowest BCUT2D eigenvalue weighted by Crippen LogP contribution is -2.03.